The summed E-state index contributed by atoms with van der Waals surface area (Å²) >= 11 is 0. The van der Waals surface area contributed by atoms with E-state index in [1.165, 1.54) is 6.33 Å². The number of carbonyl (C=O) groups is 2. The Morgan fingerprint density at radius 1 is 1.12 bits per heavy atom. The monoisotopic (exact) mass is 353 g/mol. The number of benzene rings is 1. The standard InChI is InChI=1S/C19H23N5O2/c1-13-2-4-16(5-3-13)24-19(26)15-8-14(9-21-10-15)18(25)22-11-17-6-7-20-12-23-17/h2-7,12,14-15,21H,8-11H2,1H3,(H,22,25)(H,24,26)/t14-,15+/m1/s1. The molecule has 3 rings (SSSR count). The van der Waals surface area contributed by atoms with Crippen LogP contribution in [0.4, 0.5) is 5.69 Å². The van der Waals surface area contributed by atoms with E-state index in [9.17, 15) is 9.59 Å². The van der Waals surface area contributed by atoms with Crippen molar-refractivity contribution in [2.75, 3.05) is 18.4 Å². The molecule has 0 aliphatic carbocycles. The van der Waals surface area contributed by atoms with Crippen LogP contribution in [0.3, 0.4) is 0 Å². The van der Waals surface area contributed by atoms with Crippen molar-refractivity contribution in [1.29, 1.82) is 0 Å². The number of rotatable bonds is 5. The van der Waals surface area contributed by atoms with Gasteiger partial charge in [-0.3, -0.25) is 9.59 Å². The Kier molecular flexibility index (Phi) is 5.91. The summed E-state index contributed by atoms with van der Waals surface area (Å²) in [5.41, 5.74) is 2.67. The summed E-state index contributed by atoms with van der Waals surface area (Å²) in [6.07, 6.45) is 3.62. The fourth-order valence-electron chi connectivity index (χ4n) is 2.97. The van der Waals surface area contributed by atoms with Crippen LogP contribution in [-0.4, -0.2) is 34.9 Å². The Balaban J connectivity index is 1.52. The molecular formula is C19H23N5O2. The van der Waals surface area contributed by atoms with Crippen molar-refractivity contribution in [3.05, 3.63) is 54.1 Å². The van der Waals surface area contributed by atoms with Gasteiger partial charge in [0, 0.05) is 25.0 Å². The number of carbonyl (C=O) groups excluding carboxylic acids is 2. The van der Waals surface area contributed by atoms with Gasteiger partial charge in [0.2, 0.25) is 11.8 Å². The van der Waals surface area contributed by atoms with Gasteiger partial charge < -0.3 is 16.0 Å². The summed E-state index contributed by atoms with van der Waals surface area (Å²) in [5.74, 6) is -0.599. The van der Waals surface area contributed by atoms with E-state index in [0.717, 1.165) is 16.9 Å². The number of nitrogens with one attached hydrogen (secondary N) is 3. The highest BCUT2D eigenvalue weighted by Gasteiger charge is 2.31. The van der Waals surface area contributed by atoms with Gasteiger partial charge in [-0.25, -0.2) is 9.97 Å². The molecule has 0 unspecified atom stereocenters. The second kappa shape index (κ2) is 8.53. The molecule has 0 bridgehead atoms. The number of hydrogen-bond donors (Lipinski definition) is 3. The van der Waals surface area contributed by atoms with Gasteiger partial charge in [-0.1, -0.05) is 17.7 Å². The zero-order chi connectivity index (χ0) is 18.4. The fourth-order valence-corrected chi connectivity index (χ4v) is 2.97. The molecule has 0 spiro atoms. The van der Waals surface area contributed by atoms with Crippen LogP contribution >= 0.6 is 0 Å². The van der Waals surface area contributed by atoms with Gasteiger partial charge in [0.05, 0.1) is 24.1 Å². The Morgan fingerprint density at radius 2 is 1.85 bits per heavy atom. The van der Waals surface area contributed by atoms with Gasteiger partial charge in [-0.2, -0.15) is 0 Å². The summed E-state index contributed by atoms with van der Waals surface area (Å²) in [4.78, 5) is 32.8. The van der Waals surface area contributed by atoms with E-state index in [2.05, 4.69) is 25.9 Å². The molecule has 2 atom stereocenters. The van der Waals surface area contributed by atoms with Gasteiger partial charge in [-0.05, 0) is 31.5 Å². The lowest BCUT2D eigenvalue weighted by Gasteiger charge is -2.28. The second-order valence-corrected chi connectivity index (χ2v) is 6.56. The zero-order valence-electron chi connectivity index (χ0n) is 14.7. The molecule has 0 radical (unpaired) electrons. The van der Waals surface area contributed by atoms with Crippen LogP contribution in [0.25, 0.3) is 0 Å². The first-order chi connectivity index (χ1) is 12.6. The van der Waals surface area contributed by atoms with Crippen LogP contribution in [-0.2, 0) is 16.1 Å². The lowest BCUT2D eigenvalue weighted by molar-refractivity contribution is -0.127. The topological polar surface area (TPSA) is 96.0 Å². The third-order valence-electron chi connectivity index (χ3n) is 4.50. The van der Waals surface area contributed by atoms with E-state index in [4.69, 9.17) is 0 Å². The Labute approximate surface area is 152 Å². The number of nitrogens with zero attached hydrogens (tertiary/aromatic N) is 2. The minimum atomic E-state index is -0.237. The van der Waals surface area contributed by atoms with Crippen molar-refractivity contribution >= 4 is 17.5 Å². The number of amides is 2. The van der Waals surface area contributed by atoms with Gasteiger partial charge in [-0.15, -0.1) is 0 Å². The molecular weight excluding hydrogens is 330 g/mol. The first-order valence-corrected chi connectivity index (χ1v) is 8.72. The van der Waals surface area contributed by atoms with Crippen LogP contribution < -0.4 is 16.0 Å². The predicted octanol–water partition coefficient (Wildman–Crippen LogP) is 1.27. The van der Waals surface area contributed by atoms with Crippen LogP contribution in [0, 0.1) is 18.8 Å². The highest BCUT2D eigenvalue weighted by atomic mass is 16.2. The van der Waals surface area contributed by atoms with Gasteiger partial charge >= 0.3 is 0 Å². The van der Waals surface area contributed by atoms with E-state index in [1.807, 2.05) is 31.2 Å². The summed E-state index contributed by atoms with van der Waals surface area (Å²) < 4.78 is 0. The molecule has 1 saturated heterocycles. The van der Waals surface area contributed by atoms with E-state index >= 15 is 0 Å². The lowest BCUT2D eigenvalue weighted by Crippen LogP contribution is -2.47. The smallest absolute Gasteiger partial charge is 0.228 e. The molecule has 7 heteroatoms. The number of hydrogen-bond acceptors (Lipinski definition) is 5. The molecule has 2 aromatic rings. The molecule has 0 saturated carbocycles. The first kappa shape index (κ1) is 18.0. The molecule has 136 valence electrons. The van der Waals surface area contributed by atoms with Crippen LogP contribution in [0.2, 0.25) is 0 Å². The average Bonchev–Trinajstić information content (AvgIpc) is 2.69. The molecule has 7 nitrogen and oxygen atoms in total. The second-order valence-electron chi connectivity index (χ2n) is 6.56. The number of aryl methyl sites for hydroxylation is 1. The van der Waals surface area contributed by atoms with Crippen molar-refractivity contribution in [3.63, 3.8) is 0 Å². The maximum atomic E-state index is 12.5. The lowest BCUT2D eigenvalue weighted by atomic mass is 9.89. The van der Waals surface area contributed by atoms with Gasteiger partial charge in [0.15, 0.2) is 0 Å². The minimum Gasteiger partial charge on any atom is -0.350 e. The van der Waals surface area contributed by atoms with Crippen molar-refractivity contribution in [1.82, 2.24) is 20.6 Å². The van der Waals surface area contributed by atoms with E-state index in [1.54, 1.807) is 12.3 Å². The highest BCUT2D eigenvalue weighted by molar-refractivity contribution is 5.93. The maximum absolute atomic E-state index is 12.5. The molecule has 1 aromatic heterocycles. The number of aromatic nitrogens is 2. The maximum Gasteiger partial charge on any atom is 0.228 e. The first-order valence-electron chi connectivity index (χ1n) is 8.72. The predicted molar refractivity (Wildman–Crippen MR) is 98.2 cm³/mol. The quantitative estimate of drug-likeness (QED) is 0.752. The summed E-state index contributed by atoms with van der Waals surface area (Å²) in [6, 6.07) is 9.44. The molecule has 2 heterocycles. The number of piperidine rings is 1. The van der Waals surface area contributed by atoms with Crippen molar-refractivity contribution in [2.24, 2.45) is 11.8 Å². The van der Waals surface area contributed by atoms with Crippen LogP contribution in [0.15, 0.2) is 42.9 Å². The minimum absolute atomic E-state index is 0.0605. The Morgan fingerprint density at radius 3 is 2.54 bits per heavy atom. The average molecular weight is 353 g/mol. The Hall–Kier alpha value is -2.80. The number of anilines is 1. The zero-order valence-corrected chi connectivity index (χ0v) is 14.7. The molecule has 2 amide bonds. The largest absolute Gasteiger partial charge is 0.350 e. The summed E-state index contributed by atoms with van der Waals surface area (Å²) in [7, 11) is 0. The highest BCUT2D eigenvalue weighted by Crippen LogP contribution is 2.19. The molecule has 1 aliphatic heterocycles. The molecule has 1 fully saturated rings. The fraction of sp³-hybridized carbons (Fsp3) is 0.368. The summed E-state index contributed by atoms with van der Waals surface area (Å²) in [5, 5.41) is 9.00. The summed E-state index contributed by atoms with van der Waals surface area (Å²) in [6.45, 7) is 3.51. The van der Waals surface area contributed by atoms with E-state index in [0.29, 0.717) is 26.1 Å². The SMILES string of the molecule is Cc1ccc(NC(=O)[C@@H]2CNC[C@H](C(=O)NCc3ccncn3)C2)cc1. The van der Waals surface area contributed by atoms with Gasteiger partial charge in [0.1, 0.15) is 6.33 Å². The van der Waals surface area contributed by atoms with Crippen LogP contribution in [0.5, 0.6) is 0 Å². The third-order valence-corrected chi connectivity index (χ3v) is 4.50. The van der Waals surface area contributed by atoms with Gasteiger partial charge in [0.25, 0.3) is 0 Å². The molecule has 26 heavy (non-hydrogen) atoms. The van der Waals surface area contributed by atoms with Crippen molar-refractivity contribution in [3.8, 4) is 0 Å². The molecule has 3 N–H and O–H groups in total. The normalized spacial score (nSPS) is 19.6. The molecule has 1 aliphatic rings. The third kappa shape index (κ3) is 4.86. The van der Waals surface area contributed by atoms with Crippen molar-refractivity contribution in [2.45, 2.75) is 19.9 Å². The van der Waals surface area contributed by atoms with E-state index in [-0.39, 0.29) is 23.7 Å². The Bertz CT molecular complexity index is 748. The molecule has 1 aromatic carbocycles. The van der Waals surface area contributed by atoms with Crippen molar-refractivity contribution < 1.29 is 9.59 Å². The van der Waals surface area contributed by atoms with E-state index < -0.39 is 0 Å². The van der Waals surface area contributed by atoms with Crippen LogP contribution in [0.1, 0.15) is 17.7 Å².